The minimum absolute atomic E-state index is 0.248. The first-order valence-corrected chi connectivity index (χ1v) is 9.38. The van der Waals surface area contributed by atoms with E-state index in [9.17, 15) is 4.79 Å². The Kier molecular flexibility index (Phi) is 6.65. The predicted molar refractivity (Wildman–Crippen MR) is 96.2 cm³/mol. The van der Waals surface area contributed by atoms with Crippen molar-refractivity contribution >= 4 is 5.97 Å². The highest BCUT2D eigenvalue weighted by Gasteiger charge is 2.48. The molecule has 4 atom stereocenters. The molecule has 0 amide bonds. The summed E-state index contributed by atoms with van der Waals surface area (Å²) in [6, 6.07) is 10.3. The molecule has 2 fully saturated rings. The lowest BCUT2D eigenvalue weighted by molar-refractivity contribution is -0.137. The van der Waals surface area contributed by atoms with Gasteiger partial charge in [0.15, 0.2) is 0 Å². The highest BCUT2D eigenvalue weighted by Crippen LogP contribution is 2.45. The zero-order chi connectivity index (χ0) is 17.5. The van der Waals surface area contributed by atoms with Gasteiger partial charge in [-0.1, -0.05) is 42.5 Å². The number of unbranched alkanes of at least 4 members (excludes halogenated alkanes) is 1. The van der Waals surface area contributed by atoms with Gasteiger partial charge >= 0.3 is 5.97 Å². The molecule has 1 aromatic rings. The van der Waals surface area contributed by atoms with Gasteiger partial charge in [-0.05, 0) is 43.6 Å². The molecule has 2 heterocycles. The molecule has 4 nitrogen and oxygen atoms in total. The van der Waals surface area contributed by atoms with Gasteiger partial charge in [-0.3, -0.25) is 4.79 Å². The zero-order valence-electron chi connectivity index (χ0n) is 14.7. The van der Waals surface area contributed by atoms with E-state index < -0.39 is 5.97 Å². The second kappa shape index (κ2) is 9.16. The summed E-state index contributed by atoms with van der Waals surface area (Å²) in [5, 5.41) is 8.66. The van der Waals surface area contributed by atoms with Gasteiger partial charge in [0.2, 0.25) is 0 Å². The fourth-order valence-electron chi connectivity index (χ4n) is 4.06. The number of hydrogen-bond donors (Lipinski definition) is 1. The van der Waals surface area contributed by atoms with Crippen molar-refractivity contribution < 1.29 is 19.4 Å². The summed E-state index contributed by atoms with van der Waals surface area (Å²) in [6.45, 7) is 1.42. The van der Waals surface area contributed by atoms with E-state index in [-0.39, 0.29) is 6.42 Å². The molecule has 4 heteroatoms. The van der Waals surface area contributed by atoms with Crippen molar-refractivity contribution in [1.82, 2.24) is 0 Å². The van der Waals surface area contributed by atoms with Crippen molar-refractivity contribution in [3.8, 4) is 0 Å². The van der Waals surface area contributed by atoms with Gasteiger partial charge in [0.05, 0.1) is 25.4 Å². The lowest BCUT2D eigenvalue weighted by atomic mass is 9.78. The van der Waals surface area contributed by atoms with Crippen LogP contribution in [0, 0.1) is 11.8 Å². The number of carbonyl (C=O) groups is 1. The molecular weight excluding hydrogens is 316 g/mol. The van der Waals surface area contributed by atoms with E-state index in [1.54, 1.807) is 0 Å². The third kappa shape index (κ3) is 5.16. The van der Waals surface area contributed by atoms with Crippen LogP contribution in [-0.4, -0.2) is 29.9 Å². The van der Waals surface area contributed by atoms with Crippen LogP contribution < -0.4 is 0 Å². The van der Waals surface area contributed by atoms with Crippen LogP contribution >= 0.6 is 0 Å². The molecule has 136 valence electrons. The molecule has 0 aromatic heterocycles. The van der Waals surface area contributed by atoms with Crippen LogP contribution in [0.5, 0.6) is 0 Å². The summed E-state index contributed by atoms with van der Waals surface area (Å²) in [4.78, 5) is 10.5. The third-order valence-electron chi connectivity index (χ3n) is 5.35. The second-order valence-corrected chi connectivity index (χ2v) is 7.11. The van der Waals surface area contributed by atoms with E-state index in [0.717, 1.165) is 32.3 Å². The minimum Gasteiger partial charge on any atom is -0.481 e. The van der Waals surface area contributed by atoms with Crippen LogP contribution in [0.2, 0.25) is 0 Å². The van der Waals surface area contributed by atoms with Crippen LogP contribution in [0.1, 0.15) is 44.1 Å². The molecule has 0 spiro atoms. The Balaban J connectivity index is 1.43. The topological polar surface area (TPSA) is 55.8 Å². The number of aliphatic carboxylic acids is 1. The number of fused-ring (bicyclic) bond motifs is 2. The van der Waals surface area contributed by atoms with Crippen molar-refractivity contribution in [2.75, 3.05) is 6.61 Å². The van der Waals surface area contributed by atoms with Gasteiger partial charge in [0.1, 0.15) is 0 Å². The van der Waals surface area contributed by atoms with Crippen molar-refractivity contribution in [2.24, 2.45) is 11.8 Å². The average molecular weight is 344 g/mol. The van der Waals surface area contributed by atoms with Crippen molar-refractivity contribution in [1.29, 1.82) is 0 Å². The van der Waals surface area contributed by atoms with Gasteiger partial charge in [0, 0.05) is 12.3 Å². The monoisotopic (exact) mass is 344 g/mol. The van der Waals surface area contributed by atoms with E-state index in [1.807, 2.05) is 18.2 Å². The molecule has 0 unspecified atom stereocenters. The van der Waals surface area contributed by atoms with Crippen molar-refractivity contribution in [3.05, 3.63) is 48.0 Å². The number of carboxylic acid groups (broad SMARTS) is 1. The number of benzene rings is 1. The largest absolute Gasteiger partial charge is 0.481 e. The minimum atomic E-state index is -0.717. The Morgan fingerprint density at radius 1 is 1.16 bits per heavy atom. The van der Waals surface area contributed by atoms with Gasteiger partial charge in [-0.2, -0.15) is 0 Å². The zero-order valence-corrected chi connectivity index (χ0v) is 14.7. The molecule has 0 radical (unpaired) electrons. The highest BCUT2D eigenvalue weighted by atomic mass is 16.5. The second-order valence-electron chi connectivity index (χ2n) is 7.11. The van der Waals surface area contributed by atoms with Crippen LogP contribution in [0.4, 0.5) is 0 Å². The Hall–Kier alpha value is -1.65. The Labute approximate surface area is 149 Å². The summed E-state index contributed by atoms with van der Waals surface area (Å²) in [6.07, 6.45) is 10.2. The molecule has 1 N–H and O–H groups in total. The molecule has 0 saturated carbocycles. The standard InChI is InChI=1S/C21H28O4/c22-21(23)11-7-2-1-6-10-17-18(20-13-12-19(17)25-20)15-24-14-16-8-4-3-5-9-16/h1,3-6,8-9,17-20H,2,7,10-15H2,(H,22,23)/t17-,18-,19-,20+/m1/s1. The number of rotatable bonds is 10. The molecule has 0 aliphatic carbocycles. The SMILES string of the molecule is O=C(O)CCCC=CC[C@@H]1[C@@H](COCc2ccccc2)[C@@H]2CC[C@H]1O2. The summed E-state index contributed by atoms with van der Waals surface area (Å²) >= 11 is 0. The smallest absolute Gasteiger partial charge is 0.303 e. The maximum Gasteiger partial charge on any atom is 0.303 e. The predicted octanol–water partition coefficient (Wildman–Crippen LogP) is 4.20. The number of ether oxygens (including phenoxy) is 2. The number of carboxylic acids is 1. The maximum absolute atomic E-state index is 10.5. The third-order valence-corrected chi connectivity index (χ3v) is 5.35. The highest BCUT2D eigenvalue weighted by molar-refractivity contribution is 5.66. The lowest BCUT2D eigenvalue weighted by Gasteiger charge is -2.27. The van der Waals surface area contributed by atoms with Gasteiger partial charge in [0.25, 0.3) is 0 Å². The first-order chi connectivity index (χ1) is 12.2. The van der Waals surface area contributed by atoms with Crippen LogP contribution in [-0.2, 0) is 20.9 Å². The fraction of sp³-hybridized carbons (Fsp3) is 0.571. The number of hydrogen-bond acceptors (Lipinski definition) is 3. The first-order valence-electron chi connectivity index (χ1n) is 9.38. The molecule has 3 rings (SSSR count). The molecule has 2 aliphatic heterocycles. The Morgan fingerprint density at radius 2 is 1.92 bits per heavy atom. The molecule has 2 saturated heterocycles. The van der Waals surface area contributed by atoms with E-state index in [1.165, 1.54) is 5.56 Å². The summed E-state index contributed by atoms with van der Waals surface area (Å²) in [5.74, 6) is 0.293. The van der Waals surface area contributed by atoms with Crippen LogP contribution in [0.25, 0.3) is 0 Å². The summed E-state index contributed by atoms with van der Waals surface area (Å²) < 4.78 is 12.1. The Bertz CT molecular complexity index is 569. The Morgan fingerprint density at radius 3 is 2.68 bits per heavy atom. The molecule has 25 heavy (non-hydrogen) atoms. The lowest BCUT2D eigenvalue weighted by Crippen LogP contribution is -2.30. The van der Waals surface area contributed by atoms with Crippen molar-refractivity contribution in [2.45, 2.75) is 57.3 Å². The normalized spacial score (nSPS) is 28.0. The van der Waals surface area contributed by atoms with Gasteiger partial charge in [-0.15, -0.1) is 0 Å². The molecule has 2 aliphatic rings. The molecular formula is C21H28O4. The van der Waals surface area contributed by atoms with Crippen molar-refractivity contribution in [3.63, 3.8) is 0 Å². The van der Waals surface area contributed by atoms with E-state index in [0.29, 0.717) is 37.1 Å². The summed E-state index contributed by atoms with van der Waals surface area (Å²) in [7, 11) is 0. The fourth-order valence-corrected chi connectivity index (χ4v) is 4.06. The van der Waals surface area contributed by atoms with E-state index in [2.05, 4.69) is 24.3 Å². The van der Waals surface area contributed by atoms with E-state index >= 15 is 0 Å². The van der Waals surface area contributed by atoms with E-state index in [4.69, 9.17) is 14.6 Å². The first kappa shape index (κ1) is 18.2. The van der Waals surface area contributed by atoms with Crippen LogP contribution in [0.15, 0.2) is 42.5 Å². The quantitative estimate of drug-likeness (QED) is 0.510. The molecule has 2 bridgehead atoms. The van der Waals surface area contributed by atoms with Gasteiger partial charge < -0.3 is 14.6 Å². The number of allylic oxidation sites excluding steroid dienone is 2. The maximum atomic E-state index is 10.5. The molecule has 1 aromatic carbocycles. The van der Waals surface area contributed by atoms with Gasteiger partial charge in [-0.25, -0.2) is 0 Å². The van der Waals surface area contributed by atoms with Crippen LogP contribution in [0.3, 0.4) is 0 Å². The summed E-state index contributed by atoms with van der Waals surface area (Å²) in [5.41, 5.74) is 1.21. The average Bonchev–Trinajstić information content (AvgIpc) is 3.21.